The van der Waals surface area contributed by atoms with Crippen LogP contribution in [0.4, 0.5) is 4.79 Å². The van der Waals surface area contributed by atoms with Gasteiger partial charge >= 0.3 is 6.09 Å². The normalized spacial score (nSPS) is 13.1. The third-order valence-corrected chi connectivity index (χ3v) is 3.11. The van der Waals surface area contributed by atoms with E-state index in [2.05, 4.69) is 10.3 Å². The monoisotopic (exact) mass is 328 g/mol. The Kier molecular flexibility index (Phi) is 6.63. The Labute approximate surface area is 137 Å². The second-order valence-electron chi connectivity index (χ2n) is 6.50. The zero-order valence-electron chi connectivity index (χ0n) is 14.1. The summed E-state index contributed by atoms with van der Waals surface area (Å²) in [5, 5.41) is 3.42. The van der Waals surface area contributed by atoms with Crippen molar-refractivity contribution in [3.63, 3.8) is 0 Å². The molecule has 124 valence electrons. The van der Waals surface area contributed by atoms with Gasteiger partial charge in [-0.05, 0) is 32.8 Å². The number of carbonyl (C=O) groups is 1. The number of hydrogen-bond donors (Lipinski definition) is 1. The van der Waals surface area contributed by atoms with Gasteiger partial charge in [0.1, 0.15) is 5.60 Å². The molecule has 0 spiro atoms. The number of rotatable bonds is 5. The Morgan fingerprint density at radius 2 is 2.05 bits per heavy atom. The van der Waals surface area contributed by atoms with Crippen molar-refractivity contribution in [3.05, 3.63) is 28.5 Å². The van der Waals surface area contributed by atoms with Crippen molar-refractivity contribution < 1.29 is 14.3 Å². The van der Waals surface area contributed by atoms with E-state index in [9.17, 15) is 4.79 Å². The largest absolute Gasteiger partial charge is 0.444 e. The molecule has 1 aromatic rings. The first-order chi connectivity index (χ1) is 10.1. The maximum atomic E-state index is 12.1. The molecule has 1 rings (SSSR count). The highest BCUT2D eigenvalue weighted by Gasteiger charge is 2.25. The van der Waals surface area contributed by atoms with Crippen LogP contribution in [0.1, 0.15) is 51.9 Å². The first kappa shape index (κ1) is 18.7. The van der Waals surface area contributed by atoms with Crippen LogP contribution in [0.15, 0.2) is 12.3 Å². The van der Waals surface area contributed by atoms with Gasteiger partial charge in [-0.2, -0.15) is 0 Å². The number of pyridine rings is 1. The standard InChI is InChI=1S/C16H25ClN2O3/c1-10(2)13(19-15(20)22-16(3,4)5)14-11(9-21-6)7-12(17)8-18-14/h7-8,10,13H,9H2,1-6H3,(H,19,20)/t13-/m1/s1. The van der Waals surface area contributed by atoms with Crippen molar-refractivity contribution in [2.75, 3.05) is 7.11 Å². The average molecular weight is 329 g/mol. The van der Waals surface area contributed by atoms with Crippen LogP contribution in [-0.4, -0.2) is 23.8 Å². The third kappa shape index (κ3) is 5.81. The quantitative estimate of drug-likeness (QED) is 0.883. The smallest absolute Gasteiger partial charge is 0.408 e. The van der Waals surface area contributed by atoms with Crippen LogP contribution in [0.5, 0.6) is 0 Å². The molecule has 0 saturated heterocycles. The summed E-state index contributed by atoms with van der Waals surface area (Å²) >= 11 is 6.00. The molecule has 1 atom stereocenters. The van der Waals surface area contributed by atoms with Crippen LogP contribution in [0.3, 0.4) is 0 Å². The molecule has 0 aliphatic carbocycles. The van der Waals surface area contributed by atoms with E-state index in [1.54, 1.807) is 19.4 Å². The van der Waals surface area contributed by atoms with Gasteiger partial charge < -0.3 is 14.8 Å². The molecule has 1 heterocycles. The molecular formula is C16H25ClN2O3. The molecule has 0 aromatic carbocycles. The Bertz CT molecular complexity index is 513. The predicted octanol–water partition coefficient (Wildman–Crippen LogP) is 4.10. The summed E-state index contributed by atoms with van der Waals surface area (Å²) in [7, 11) is 1.61. The van der Waals surface area contributed by atoms with Crippen molar-refractivity contribution in [2.45, 2.75) is 52.9 Å². The van der Waals surface area contributed by atoms with E-state index in [4.69, 9.17) is 21.1 Å². The third-order valence-electron chi connectivity index (χ3n) is 2.90. The van der Waals surface area contributed by atoms with E-state index in [1.165, 1.54) is 0 Å². The highest BCUT2D eigenvalue weighted by atomic mass is 35.5. The minimum Gasteiger partial charge on any atom is -0.444 e. The van der Waals surface area contributed by atoms with E-state index in [0.717, 1.165) is 11.3 Å². The van der Waals surface area contributed by atoms with E-state index in [-0.39, 0.29) is 12.0 Å². The van der Waals surface area contributed by atoms with Gasteiger partial charge in [-0.1, -0.05) is 25.4 Å². The average Bonchev–Trinajstić information content (AvgIpc) is 2.35. The molecule has 1 N–H and O–H groups in total. The first-order valence-electron chi connectivity index (χ1n) is 7.27. The fraction of sp³-hybridized carbons (Fsp3) is 0.625. The summed E-state index contributed by atoms with van der Waals surface area (Å²) in [6, 6.07) is 1.52. The van der Waals surface area contributed by atoms with Gasteiger partial charge in [-0.15, -0.1) is 0 Å². The van der Waals surface area contributed by atoms with Crippen molar-refractivity contribution in [1.82, 2.24) is 10.3 Å². The molecule has 0 saturated carbocycles. The van der Waals surface area contributed by atoms with E-state index < -0.39 is 11.7 Å². The molecule has 0 aliphatic rings. The maximum Gasteiger partial charge on any atom is 0.408 e. The van der Waals surface area contributed by atoms with Crippen molar-refractivity contribution in [1.29, 1.82) is 0 Å². The zero-order valence-corrected chi connectivity index (χ0v) is 14.8. The lowest BCUT2D eigenvalue weighted by molar-refractivity contribution is 0.0487. The Hall–Kier alpha value is -1.33. The van der Waals surface area contributed by atoms with Gasteiger partial charge in [0, 0.05) is 18.9 Å². The number of alkyl carbamates (subject to hydrolysis) is 1. The van der Waals surface area contributed by atoms with Gasteiger partial charge in [-0.3, -0.25) is 4.98 Å². The second-order valence-corrected chi connectivity index (χ2v) is 6.94. The molecule has 1 aromatic heterocycles. The van der Waals surface area contributed by atoms with Crippen molar-refractivity contribution >= 4 is 17.7 Å². The predicted molar refractivity (Wildman–Crippen MR) is 86.9 cm³/mol. The van der Waals surface area contributed by atoms with Crippen LogP contribution in [-0.2, 0) is 16.1 Å². The number of halogens is 1. The van der Waals surface area contributed by atoms with Crippen LogP contribution in [0.25, 0.3) is 0 Å². The number of nitrogens with one attached hydrogen (secondary N) is 1. The minimum atomic E-state index is -0.547. The lowest BCUT2D eigenvalue weighted by Gasteiger charge is -2.26. The van der Waals surface area contributed by atoms with Crippen molar-refractivity contribution in [2.24, 2.45) is 5.92 Å². The summed E-state index contributed by atoms with van der Waals surface area (Å²) in [4.78, 5) is 16.5. The van der Waals surface area contributed by atoms with E-state index in [0.29, 0.717) is 11.6 Å². The Morgan fingerprint density at radius 3 is 2.55 bits per heavy atom. The molecule has 0 unspecified atom stereocenters. The lowest BCUT2D eigenvalue weighted by Crippen LogP contribution is -2.37. The molecule has 0 radical (unpaired) electrons. The van der Waals surface area contributed by atoms with Crippen LogP contribution in [0.2, 0.25) is 5.02 Å². The topological polar surface area (TPSA) is 60.5 Å². The first-order valence-corrected chi connectivity index (χ1v) is 7.64. The van der Waals surface area contributed by atoms with Crippen LogP contribution in [0, 0.1) is 5.92 Å². The number of carbonyl (C=O) groups excluding carboxylic acids is 1. The highest BCUT2D eigenvalue weighted by Crippen LogP contribution is 2.26. The van der Waals surface area contributed by atoms with Gasteiger partial charge in [-0.25, -0.2) is 4.79 Å². The summed E-state index contributed by atoms with van der Waals surface area (Å²) in [6.07, 6.45) is 1.11. The summed E-state index contributed by atoms with van der Waals surface area (Å²) in [5.74, 6) is 0.136. The molecule has 5 nitrogen and oxygen atoms in total. The number of methoxy groups -OCH3 is 1. The number of amides is 1. The SMILES string of the molecule is COCc1cc(Cl)cnc1[C@H](NC(=O)OC(C)(C)C)C(C)C. The molecular weight excluding hydrogens is 304 g/mol. The highest BCUT2D eigenvalue weighted by molar-refractivity contribution is 6.30. The van der Waals surface area contributed by atoms with Gasteiger partial charge in [0.25, 0.3) is 0 Å². The summed E-state index contributed by atoms with van der Waals surface area (Å²) in [6.45, 7) is 9.88. The minimum absolute atomic E-state index is 0.136. The molecule has 22 heavy (non-hydrogen) atoms. The molecule has 0 aliphatic heterocycles. The fourth-order valence-corrected chi connectivity index (χ4v) is 2.21. The maximum absolute atomic E-state index is 12.1. The van der Waals surface area contributed by atoms with Crippen LogP contribution < -0.4 is 5.32 Å². The van der Waals surface area contributed by atoms with Crippen molar-refractivity contribution in [3.8, 4) is 0 Å². The number of ether oxygens (including phenoxy) is 2. The van der Waals surface area contributed by atoms with Gasteiger partial charge in [0.05, 0.1) is 23.4 Å². The fourth-order valence-electron chi connectivity index (χ4n) is 2.03. The Morgan fingerprint density at radius 1 is 1.41 bits per heavy atom. The second kappa shape index (κ2) is 7.79. The molecule has 1 amide bonds. The summed E-state index contributed by atoms with van der Waals surface area (Å²) < 4.78 is 10.5. The molecule has 0 fully saturated rings. The number of hydrogen-bond acceptors (Lipinski definition) is 4. The number of nitrogens with zero attached hydrogens (tertiary/aromatic N) is 1. The van der Waals surface area contributed by atoms with E-state index in [1.807, 2.05) is 34.6 Å². The molecule has 0 bridgehead atoms. The van der Waals surface area contributed by atoms with Crippen LogP contribution >= 0.6 is 11.6 Å². The summed E-state index contributed by atoms with van der Waals surface area (Å²) in [5.41, 5.74) is 1.05. The number of aromatic nitrogens is 1. The zero-order chi connectivity index (χ0) is 16.9. The Balaban J connectivity index is 3.03. The van der Waals surface area contributed by atoms with E-state index >= 15 is 0 Å². The lowest BCUT2D eigenvalue weighted by atomic mass is 9.97. The molecule has 6 heteroatoms. The van der Waals surface area contributed by atoms with Gasteiger partial charge in [0.2, 0.25) is 0 Å². The van der Waals surface area contributed by atoms with Gasteiger partial charge in [0.15, 0.2) is 0 Å².